The van der Waals surface area contributed by atoms with Gasteiger partial charge in [0.2, 0.25) is 5.91 Å². The molecule has 0 aliphatic carbocycles. The van der Waals surface area contributed by atoms with Gasteiger partial charge in [-0.05, 0) is 42.5 Å². The third kappa shape index (κ3) is 4.36. The number of ketones is 1. The monoisotopic (exact) mass is 456 g/mol. The molecular weight excluding hydrogens is 432 g/mol. The van der Waals surface area contributed by atoms with Gasteiger partial charge in [0.1, 0.15) is 17.8 Å². The van der Waals surface area contributed by atoms with Crippen molar-refractivity contribution in [2.45, 2.75) is 44.3 Å². The first-order valence-electron chi connectivity index (χ1n) is 10.6. The van der Waals surface area contributed by atoms with Crippen molar-refractivity contribution in [2.24, 2.45) is 0 Å². The largest absolute Gasteiger partial charge is 0.414 e. The molecule has 0 radical (unpaired) electrons. The summed E-state index contributed by atoms with van der Waals surface area (Å²) in [7, 11) is 0. The Bertz CT molecular complexity index is 997. The average Bonchev–Trinajstić information content (AvgIpc) is 3.52. The van der Waals surface area contributed by atoms with Crippen molar-refractivity contribution in [2.75, 3.05) is 13.1 Å². The summed E-state index contributed by atoms with van der Waals surface area (Å²) in [5.41, 5.74) is 0.271. The summed E-state index contributed by atoms with van der Waals surface area (Å²) in [6.07, 6.45) is 2.40. The highest BCUT2D eigenvalue weighted by atomic mass is 32.1. The molecule has 0 spiro atoms. The number of nitrogens with one attached hydrogen (secondary N) is 1. The van der Waals surface area contributed by atoms with E-state index < -0.39 is 18.2 Å². The first-order chi connectivity index (χ1) is 15.5. The molecule has 0 saturated carbocycles. The normalized spacial score (nSPS) is 20.7. The summed E-state index contributed by atoms with van der Waals surface area (Å²) in [6, 6.07) is 6.57. The predicted octanol–water partition coefficient (Wildman–Crippen LogP) is 2.09. The fraction of sp³-hybridized carbons (Fsp3) is 0.409. The summed E-state index contributed by atoms with van der Waals surface area (Å²) in [4.78, 5) is 58.4. The van der Waals surface area contributed by atoms with E-state index in [1.165, 1.54) is 27.3 Å². The number of nitrogens with zero attached hydrogens (tertiary/aromatic N) is 3. The number of ether oxygens (including phenoxy) is 1. The molecule has 0 bridgehead atoms. The van der Waals surface area contributed by atoms with Crippen LogP contribution in [0.3, 0.4) is 0 Å². The number of rotatable bonds is 6. The van der Waals surface area contributed by atoms with E-state index >= 15 is 0 Å². The smallest absolute Gasteiger partial charge is 0.399 e. The fourth-order valence-electron chi connectivity index (χ4n) is 4.31. The van der Waals surface area contributed by atoms with Gasteiger partial charge in [-0.1, -0.05) is 19.4 Å². The van der Waals surface area contributed by atoms with Crippen LogP contribution in [0.1, 0.15) is 36.7 Å². The van der Waals surface area contributed by atoms with E-state index in [2.05, 4.69) is 10.3 Å². The molecule has 2 aliphatic heterocycles. The van der Waals surface area contributed by atoms with Crippen LogP contribution in [-0.2, 0) is 9.59 Å². The van der Waals surface area contributed by atoms with Gasteiger partial charge >= 0.3 is 6.09 Å². The molecule has 4 heterocycles. The van der Waals surface area contributed by atoms with E-state index in [-0.39, 0.29) is 35.9 Å². The highest BCUT2D eigenvalue weighted by Crippen LogP contribution is 2.31. The molecule has 3 amide bonds. The van der Waals surface area contributed by atoms with Crippen LogP contribution in [0.25, 0.3) is 0 Å². The van der Waals surface area contributed by atoms with Crippen molar-refractivity contribution in [3.05, 3.63) is 47.6 Å². The number of amides is 3. The summed E-state index contributed by atoms with van der Waals surface area (Å²) in [5, 5.41) is 4.85. The Morgan fingerprint density at radius 2 is 2.09 bits per heavy atom. The molecule has 168 valence electrons. The lowest BCUT2D eigenvalue weighted by molar-refractivity contribution is -0.138. The van der Waals surface area contributed by atoms with Gasteiger partial charge in [-0.2, -0.15) is 0 Å². The molecule has 1 N–H and O–H groups in total. The molecule has 10 heteroatoms. The Morgan fingerprint density at radius 1 is 1.25 bits per heavy atom. The number of aromatic nitrogens is 1. The Labute approximate surface area is 189 Å². The van der Waals surface area contributed by atoms with E-state index in [1.807, 2.05) is 6.92 Å². The van der Waals surface area contributed by atoms with Crippen LogP contribution >= 0.6 is 11.3 Å². The summed E-state index contributed by atoms with van der Waals surface area (Å²) < 4.78 is 5.22. The highest BCUT2D eigenvalue weighted by molar-refractivity contribution is 7.11. The van der Waals surface area contributed by atoms with Gasteiger partial charge < -0.3 is 19.9 Å². The van der Waals surface area contributed by atoms with E-state index in [4.69, 9.17) is 4.74 Å². The minimum absolute atomic E-state index is 0.0547. The van der Waals surface area contributed by atoms with Crippen LogP contribution in [0.15, 0.2) is 41.9 Å². The third-order valence-corrected chi connectivity index (χ3v) is 6.45. The number of thiophene rings is 1. The maximum atomic E-state index is 13.3. The van der Waals surface area contributed by atoms with Crippen LogP contribution in [0.4, 0.5) is 4.79 Å². The number of hydrogen-bond donors (Lipinski definition) is 1. The second kappa shape index (κ2) is 9.47. The van der Waals surface area contributed by atoms with Gasteiger partial charge in [-0.15, -0.1) is 11.3 Å². The Hall–Kier alpha value is -3.27. The van der Waals surface area contributed by atoms with Crippen molar-refractivity contribution >= 4 is 35.0 Å². The van der Waals surface area contributed by atoms with Gasteiger partial charge in [-0.25, -0.2) is 4.79 Å². The molecule has 4 rings (SSSR count). The van der Waals surface area contributed by atoms with E-state index in [1.54, 1.807) is 35.7 Å². The lowest BCUT2D eigenvalue weighted by atomic mass is 10.1. The topological polar surface area (TPSA) is 109 Å². The van der Waals surface area contributed by atoms with Gasteiger partial charge in [0.15, 0.2) is 10.8 Å². The fourth-order valence-corrected chi connectivity index (χ4v) is 4.88. The lowest BCUT2D eigenvalue weighted by Gasteiger charge is -2.28. The Morgan fingerprint density at radius 3 is 2.78 bits per heavy atom. The molecule has 2 aromatic rings. The Kier molecular flexibility index (Phi) is 6.50. The van der Waals surface area contributed by atoms with Crippen molar-refractivity contribution in [1.29, 1.82) is 0 Å². The maximum absolute atomic E-state index is 13.3. The molecule has 3 unspecified atom stereocenters. The van der Waals surface area contributed by atoms with Crippen molar-refractivity contribution in [3.8, 4) is 5.06 Å². The van der Waals surface area contributed by atoms with Crippen LogP contribution in [0.5, 0.6) is 5.06 Å². The highest BCUT2D eigenvalue weighted by Gasteiger charge is 2.52. The number of carbonyl (C=O) groups is 4. The zero-order valence-corrected chi connectivity index (χ0v) is 18.4. The minimum Gasteiger partial charge on any atom is -0.399 e. The summed E-state index contributed by atoms with van der Waals surface area (Å²) in [6.45, 7) is 2.20. The minimum atomic E-state index is -0.806. The van der Waals surface area contributed by atoms with Crippen molar-refractivity contribution < 1.29 is 23.9 Å². The number of likely N-dealkylation sites (tertiary alicyclic amines) is 2. The van der Waals surface area contributed by atoms with Crippen LogP contribution in [0, 0.1) is 0 Å². The number of Topliss-reactive ketones (excluding diaryl/α,β-unsaturated/α-hetero) is 1. The van der Waals surface area contributed by atoms with Gasteiger partial charge in [0, 0.05) is 12.7 Å². The quantitative estimate of drug-likeness (QED) is 0.713. The lowest BCUT2D eigenvalue weighted by Crippen LogP contribution is -2.53. The Balaban J connectivity index is 1.45. The van der Waals surface area contributed by atoms with Crippen molar-refractivity contribution in [3.63, 3.8) is 0 Å². The molecule has 9 nitrogen and oxygen atoms in total. The third-order valence-electron chi connectivity index (χ3n) is 5.71. The standard InChI is InChI=1S/C22H24N4O5S/c1-2-6-15(24-22(30)31-18-8-5-12-32-18)21(29)25-11-9-16-19(25)17(27)13-26(16)20(28)14-7-3-4-10-23-14/h3-5,7-8,10,12,15-16,19H,2,6,9,11,13H2,1H3,(H,24,30). The van der Waals surface area contributed by atoms with E-state index in [9.17, 15) is 19.2 Å². The van der Waals surface area contributed by atoms with Crippen LogP contribution in [-0.4, -0.2) is 69.7 Å². The molecule has 0 aromatic carbocycles. The van der Waals surface area contributed by atoms with Gasteiger partial charge in [0.05, 0.1) is 12.6 Å². The van der Waals surface area contributed by atoms with E-state index in [0.717, 1.165) is 0 Å². The number of fused-ring (bicyclic) bond motifs is 1. The van der Waals surface area contributed by atoms with Crippen molar-refractivity contribution in [1.82, 2.24) is 20.1 Å². The number of pyridine rings is 1. The molecule has 2 fully saturated rings. The molecule has 2 aliphatic rings. The first kappa shape index (κ1) is 21.9. The SMILES string of the molecule is CCCC(NC(=O)Oc1cccs1)C(=O)N1CCC2C1C(=O)CN2C(=O)c1ccccn1. The second-order valence-corrected chi connectivity index (χ2v) is 8.66. The van der Waals surface area contributed by atoms with Gasteiger partial charge in [-0.3, -0.25) is 19.4 Å². The van der Waals surface area contributed by atoms with E-state index in [0.29, 0.717) is 30.9 Å². The molecular formula is C22H24N4O5S. The van der Waals surface area contributed by atoms with Crippen LogP contribution in [0.2, 0.25) is 0 Å². The molecule has 32 heavy (non-hydrogen) atoms. The molecule has 3 atom stereocenters. The zero-order chi connectivity index (χ0) is 22.7. The molecule has 2 saturated heterocycles. The maximum Gasteiger partial charge on any atom is 0.414 e. The van der Waals surface area contributed by atoms with Crippen LogP contribution < -0.4 is 10.1 Å². The second-order valence-electron chi connectivity index (χ2n) is 7.75. The number of hydrogen-bond acceptors (Lipinski definition) is 7. The molecule has 2 aromatic heterocycles. The first-order valence-corrected chi connectivity index (χ1v) is 11.4. The number of carbonyl (C=O) groups excluding carboxylic acids is 4. The predicted molar refractivity (Wildman–Crippen MR) is 116 cm³/mol. The summed E-state index contributed by atoms with van der Waals surface area (Å²) in [5.74, 6) is -0.826. The van der Waals surface area contributed by atoms with Gasteiger partial charge in [0.25, 0.3) is 5.91 Å². The average molecular weight is 457 g/mol. The zero-order valence-electron chi connectivity index (χ0n) is 17.6. The summed E-state index contributed by atoms with van der Waals surface area (Å²) >= 11 is 1.27.